The van der Waals surface area contributed by atoms with Crippen molar-refractivity contribution in [2.75, 3.05) is 13.2 Å². The molecule has 140 valence electrons. The third-order valence-electron chi connectivity index (χ3n) is 4.75. The quantitative estimate of drug-likeness (QED) is 0.680. The molecule has 0 aliphatic carbocycles. The second-order valence-electron chi connectivity index (χ2n) is 6.59. The normalized spacial score (nSPS) is 13.6. The van der Waals surface area contributed by atoms with Crippen LogP contribution in [-0.2, 0) is 24.3 Å². The van der Waals surface area contributed by atoms with Gasteiger partial charge in [0, 0.05) is 18.0 Å². The minimum Gasteiger partial charge on any atom is -0.484 e. The van der Waals surface area contributed by atoms with Gasteiger partial charge in [-0.3, -0.25) is 14.2 Å². The summed E-state index contributed by atoms with van der Waals surface area (Å²) in [6, 6.07) is 9.33. The molecule has 2 aromatic heterocycles. The molecule has 27 heavy (non-hydrogen) atoms. The lowest BCUT2D eigenvalue weighted by Crippen LogP contribution is -2.38. The average molecular weight is 383 g/mol. The summed E-state index contributed by atoms with van der Waals surface area (Å²) >= 11 is 1.52. The number of hydrogen-bond acceptors (Lipinski definition) is 5. The molecule has 1 aliphatic rings. The van der Waals surface area contributed by atoms with Gasteiger partial charge in [0.1, 0.15) is 10.6 Å². The Kier molecular flexibility index (Phi) is 4.94. The molecule has 1 amide bonds. The average Bonchev–Trinajstić information content (AvgIpc) is 3.07. The molecule has 0 atom stereocenters. The van der Waals surface area contributed by atoms with E-state index in [2.05, 4.69) is 4.98 Å². The highest BCUT2D eigenvalue weighted by Crippen LogP contribution is 2.32. The molecule has 0 saturated heterocycles. The van der Waals surface area contributed by atoms with E-state index >= 15 is 0 Å². The molecular formula is C20H21N3O3S. The minimum atomic E-state index is -0.0432. The number of para-hydroxylation sites is 1. The molecule has 0 saturated carbocycles. The summed E-state index contributed by atoms with van der Waals surface area (Å²) < 4.78 is 7.26. The molecule has 0 radical (unpaired) electrons. The largest absolute Gasteiger partial charge is 0.484 e. The van der Waals surface area contributed by atoms with Crippen LogP contribution in [0.15, 0.2) is 41.5 Å². The fraction of sp³-hybridized carbons (Fsp3) is 0.350. The van der Waals surface area contributed by atoms with Crippen molar-refractivity contribution in [1.29, 1.82) is 0 Å². The number of fused-ring (bicyclic) bond motifs is 3. The summed E-state index contributed by atoms with van der Waals surface area (Å²) in [4.78, 5) is 33.4. The van der Waals surface area contributed by atoms with Crippen molar-refractivity contribution in [1.82, 2.24) is 14.5 Å². The van der Waals surface area contributed by atoms with Gasteiger partial charge in [0.2, 0.25) is 0 Å². The number of hydrogen-bond donors (Lipinski definition) is 0. The van der Waals surface area contributed by atoms with Crippen molar-refractivity contribution in [3.63, 3.8) is 0 Å². The maximum Gasteiger partial charge on any atom is 0.262 e. The first-order valence-electron chi connectivity index (χ1n) is 9.12. The second-order valence-corrected chi connectivity index (χ2v) is 7.68. The SMILES string of the molecule is CCCn1cnc2sc3c(c2c1=O)CCN(C(=O)COc1ccccc1)C3. The fourth-order valence-electron chi connectivity index (χ4n) is 3.38. The van der Waals surface area contributed by atoms with E-state index in [1.165, 1.54) is 11.3 Å². The van der Waals surface area contributed by atoms with E-state index in [0.29, 0.717) is 31.8 Å². The van der Waals surface area contributed by atoms with Crippen LogP contribution in [0.4, 0.5) is 0 Å². The number of carbonyl (C=O) groups is 1. The Morgan fingerprint density at radius 3 is 2.89 bits per heavy atom. The molecule has 3 heterocycles. The number of rotatable bonds is 5. The molecule has 1 aromatic carbocycles. The zero-order chi connectivity index (χ0) is 18.8. The van der Waals surface area contributed by atoms with Crippen LogP contribution in [-0.4, -0.2) is 33.5 Å². The van der Waals surface area contributed by atoms with Crippen LogP contribution in [0.3, 0.4) is 0 Å². The molecule has 0 bridgehead atoms. The number of aryl methyl sites for hydroxylation is 1. The van der Waals surface area contributed by atoms with Gasteiger partial charge in [-0.15, -0.1) is 11.3 Å². The highest BCUT2D eigenvalue weighted by atomic mass is 32.1. The van der Waals surface area contributed by atoms with Crippen molar-refractivity contribution in [2.24, 2.45) is 0 Å². The Morgan fingerprint density at radius 2 is 2.11 bits per heavy atom. The van der Waals surface area contributed by atoms with Gasteiger partial charge in [0.05, 0.1) is 18.3 Å². The summed E-state index contributed by atoms with van der Waals surface area (Å²) in [5.74, 6) is 0.643. The van der Waals surface area contributed by atoms with E-state index in [4.69, 9.17) is 4.74 Å². The Labute approximate surface area is 161 Å². The maximum atomic E-state index is 12.8. The van der Waals surface area contributed by atoms with Crippen molar-refractivity contribution in [3.8, 4) is 5.75 Å². The van der Waals surface area contributed by atoms with Crippen LogP contribution >= 0.6 is 11.3 Å². The maximum absolute atomic E-state index is 12.8. The summed E-state index contributed by atoms with van der Waals surface area (Å²) in [6.45, 7) is 3.85. The Morgan fingerprint density at radius 1 is 1.30 bits per heavy atom. The fourth-order valence-corrected chi connectivity index (χ4v) is 4.58. The molecule has 3 aromatic rings. The van der Waals surface area contributed by atoms with Gasteiger partial charge in [-0.2, -0.15) is 0 Å². The second kappa shape index (κ2) is 7.52. The topological polar surface area (TPSA) is 64.4 Å². The highest BCUT2D eigenvalue weighted by molar-refractivity contribution is 7.18. The van der Waals surface area contributed by atoms with Crippen LogP contribution in [0.2, 0.25) is 0 Å². The monoisotopic (exact) mass is 383 g/mol. The van der Waals surface area contributed by atoms with E-state index in [1.54, 1.807) is 15.8 Å². The van der Waals surface area contributed by atoms with E-state index in [0.717, 1.165) is 27.1 Å². The van der Waals surface area contributed by atoms with Crippen LogP contribution in [0, 0.1) is 0 Å². The lowest BCUT2D eigenvalue weighted by Gasteiger charge is -2.26. The third-order valence-corrected chi connectivity index (χ3v) is 5.87. The van der Waals surface area contributed by atoms with Crippen LogP contribution < -0.4 is 10.3 Å². The van der Waals surface area contributed by atoms with Gasteiger partial charge < -0.3 is 9.64 Å². The van der Waals surface area contributed by atoms with E-state index in [1.807, 2.05) is 37.3 Å². The number of aromatic nitrogens is 2. The van der Waals surface area contributed by atoms with Crippen LogP contribution in [0.1, 0.15) is 23.8 Å². The lowest BCUT2D eigenvalue weighted by atomic mass is 10.1. The molecular weight excluding hydrogens is 362 g/mol. The molecule has 0 N–H and O–H groups in total. The third kappa shape index (κ3) is 3.47. The number of thiophene rings is 1. The first-order chi connectivity index (χ1) is 13.2. The van der Waals surface area contributed by atoms with Crippen molar-refractivity contribution in [3.05, 3.63) is 57.5 Å². The number of amides is 1. The van der Waals surface area contributed by atoms with Crippen LogP contribution in [0.5, 0.6) is 5.75 Å². The molecule has 6 nitrogen and oxygen atoms in total. The minimum absolute atomic E-state index is 0.0196. The zero-order valence-electron chi connectivity index (χ0n) is 15.2. The van der Waals surface area contributed by atoms with Gasteiger partial charge in [-0.1, -0.05) is 25.1 Å². The van der Waals surface area contributed by atoms with Gasteiger partial charge in [0.25, 0.3) is 11.5 Å². The van der Waals surface area contributed by atoms with Gasteiger partial charge in [-0.05, 0) is 30.5 Å². The molecule has 7 heteroatoms. The van der Waals surface area contributed by atoms with Gasteiger partial charge in [0.15, 0.2) is 6.61 Å². The molecule has 1 aliphatic heterocycles. The standard InChI is InChI=1S/C20H21N3O3S/c1-2-9-23-13-21-19-18(20(23)25)15-8-10-22(11-16(15)27-19)17(24)12-26-14-6-4-3-5-7-14/h3-7,13H,2,8-12H2,1H3. The molecule has 4 rings (SSSR count). The van der Waals surface area contributed by atoms with Gasteiger partial charge >= 0.3 is 0 Å². The first-order valence-corrected chi connectivity index (χ1v) is 9.94. The van der Waals surface area contributed by atoms with Crippen molar-refractivity contribution >= 4 is 27.5 Å². The number of ether oxygens (including phenoxy) is 1. The van der Waals surface area contributed by atoms with Crippen molar-refractivity contribution in [2.45, 2.75) is 32.9 Å². The number of nitrogens with zero attached hydrogens (tertiary/aromatic N) is 3. The highest BCUT2D eigenvalue weighted by Gasteiger charge is 2.26. The summed E-state index contributed by atoms with van der Waals surface area (Å²) in [6.07, 6.45) is 3.20. The van der Waals surface area contributed by atoms with E-state index < -0.39 is 0 Å². The Balaban J connectivity index is 1.52. The summed E-state index contributed by atoms with van der Waals surface area (Å²) in [7, 11) is 0. The van der Waals surface area contributed by atoms with E-state index in [-0.39, 0.29) is 18.1 Å². The van der Waals surface area contributed by atoms with Gasteiger partial charge in [-0.25, -0.2) is 4.98 Å². The smallest absolute Gasteiger partial charge is 0.262 e. The molecule has 0 unspecified atom stereocenters. The lowest BCUT2D eigenvalue weighted by molar-refractivity contribution is -0.134. The predicted molar refractivity (Wildman–Crippen MR) is 105 cm³/mol. The van der Waals surface area contributed by atoms with E-state index in [9.17, 15) is 9.59 Å². The summed E-state index contributed by atoms with van der Waals surface area (Å²) in [5.41, 5.74) is 1.09. The first kappa shape index (κ1) is 17.7. The van der Waals surface area contributed by atoms with Crippen LogP contribution in [0.25, 0.3) is 10.2 Å². The molecule has 0 spiro atoms. The number of benzene rings is 1. The zero-order valence-corrected chi connectivity index (χ0v) is 16.0. The number of carbonyl (C=O) groups excluding carboxylic acids is 1. The Hall–Kier alpha value is -2.67. The Bertz CT molecular complexity index is 1030. The summed E-state index contributed by atoms with van der Waals surface area (Å²) in [5, 5.41) is 0.735. The molecule has 0 fully saturated rings. The van der Waals surface area contributed by atoms with Crippen molar-refractivity contribution < 1.29 is 9.53 Å². The predicted octanol–water partition coefficient (Wildman–Crippen LogP) is 2.83.